The van der Waals surface area contributed by atoms with Gasteiger partial charge in [-0.15, -0.1) is 0 Å². The molecule has 3 aromatic carbocycles. The normalized spacial score (nSPS) is 11.0. The van der Waals surface area contributed by atoms with Crippen molar-refractivity contribution in [2.24, 2.45) is 0 Å². The summed E-state index contributed by atoms with van der Waals surface area (Å²) in [7, 11) is 0. The lowest BCUT2D eigenvalue weighted by Crippen LogP contribution is -2.14. The minimum atomic E-state index is -0.520. The van der Waals surface area contributed by atoms with E-state index in [9.17, 15) is 9.59 Å². The van der Waals surface area contributed by atoms with Crippen molar-refractivity contribution in [2.45, 2.75) is 6.92 Å². The van der Waals surface area contributed by atoms with Crippen molar-refractivity contribution in [3.05, 3.63) is 106 Å². The summed E-state index contributed by atoms with van der Waals surface area (Å²) >= 11 is 5.94. The molecule has 6 nitrogen and oxygen atoms in total. The second kappa shape index (κ2) is 8.41. The molecule has 0 aliphatic carbocycles. The van der Waals surface area contributed by atoms with Crippen LogP contribution in [-0.2, 0) is 0 Å². The molecule has 2 heterocycles. The number of amides is 1. The van der Waals surface area contributed by atoms with Gasteiger partial charge in [-0.05, 0) is 43.3 Å². The lowest BCUT2D eigenvalue weighted by molar-refractivity contribution is 0.101. The summed E-state index contributed by atoms with van der Waals surface area (Å²) in [5.74, 6) is -0.406. The number of anilines is 1. The average molecular weight is 457 g/mol. The van der Waals surface area contributed by atoms with Crippen LogP contribution in [0.1, 0.15) is 32.2 Å². The van der Waals surface area contributed by atoms with Gasteiger partial charge in [0.1, 0.15) is 5.58 Å². The number of nitrogens with zero attached hydrogens (tertiary/aromatic N) is 1. The number of ketones is 1. The van der Waals surface area contributed by atoms with Crippen molar-refractivity contribution in [1.82, 2.24) is 5.16 Å². The maximum atomic E-state index is 13.2. The first-order valence-corrected chi connectivity index (χ1v) is 10.5. The molecule has 2 aromatic heterocycles. The zero-order chi connectivity index (χ0) is 22.9. The molecule has 1 amide bonds. The number of hydrogen-bond donors (Lipinski definition) is 1. The third-order valence-electron chi connectivity index (χ3n) is 5.23. The SMILES string of the molecule is Cc1ccc(-c2cc(C(=O)Nc3c(C(=O)c4ccc(Cl)cc4)oc4ccccc34)no2)cc1. The van der Waals surface area contributed by atoms with Crippen LogP contribution in [0.3, 0.4) is 0 Å². The molecule has 0 atom stereocenters. The first-order valence-electron chi connectivity index (χ1n) is 10.2. The van der Waals surface area contributed by atoms with Gasteiger partial charge in [-0.3, -0.25) is 9.59 Å². The van der Waals surface area contributed by atoms with Gasteiger partial charge in [-0.2, -0.15) is 0 Å². The molecule has 0 saturated carbocycles. The molecule has 0 aliphatic rings. The average Bonchev–Trinajstić information content (AvgIpc) is 3.46. The summed E-state index contributed by atoms with van der Waals surface area (Å²) in [5, 5.41) is 7.80. The molecule has 5 aromatic rings. The Balaban J connectivity index is 1.49. The summed E-state index contributed by atoms with van der Waals surface area (Å²) in [5.41, 5.74) is 3.14. The molecule has 7 heteroatoms. The number of rotatable bonds is 5. The summed E-state index contributed by atoms with van der Waals surface area (Å²) in [6.07, 6.45) is 0. The number of carbonyl (C=O) groups is 2. The first kappa shape index (κ1) is 20.7. The smallest absolute Gasteiger partial charge is 0.277 e. The minimum Gasteiger partial charge on any atom is -0.450 e. The van der Waals surface area contributed by atoms with Crippen molar-refractivity contribution in [3.63, 3.8) is 0 Å². The van der Waals surface area contributed by atoms with Crippen molar-refractivity contribution in [1.29, 1.82) is 0 Å². The Labute approximate surface area is 193 Å². The number of halogens is 1. The lowest BCUT2D eigenvalue weighted by Gasteiger charge is -2.04. The number of benzene rings is 3. The van der Waals surface area contributed by atoms with Crippen molar-refractivity contribution >= 4 is 39.9 Å². The number of fused-ring (bicyclic) bond motifs is 1. The van der Waals surface area contributed by atoms with Gasteiger partial charge >= 0.3 is 0 Å². The molecular formula is C26H17ClN2O4. The standard InChI is InChI=1S/C26H17ClN2O4/c1-15-6-8-16(9-7-15)22-14-20(29-33-22)26(31)28-23-19-4-2-3-5-21(19)32-25(23)24(30)17-10-12-18(27)13-11-17/h2-14H,1H3,(H,28,31). The number of aromatic nitrogens is 1. The number of para-hydroxylation sites is 1. The number of carbonyl (C=O) groups excluding carboxylic acids is 2. The van der Waals surface area contributed by atoms with Crippen LogP contribution in [0, 0.1) is 6.92 Å². The Kier molecular flexibility index (Phi) is 5.28. The summed E-state index contributed by atoms with van der Waals surface area (Å²) in [6.45, 7) is 1.99. The molecule has 1 N–H and O–H groups in total. The van der Waals surface area contributed by atoms with Gasteiger partial charge in [0.25, 0.3) is 5.91 Å². The predicted molar refractivity (Wildman–Crippen MR) is 126 cm³/mol. The highest BCUT2D eigenvalue weighted by Gasteiger charge is 2.25. The van der Waals surface area contributed by atoms with Gasteiger partial charge in [0, 0.05) is 27.6 Å². The Hall–Kier alpha value is -4.16. The Morgan fingerprint density at radius 1 is 0.939 bits per heavy atom. The highest BCUT2D eigenvalue weighted by molar-refractivity contribution is 6.30. The largest absolute Gasteiger partial charge is 0.450 e. The fourth-order valence-corrected chi connectivity index (χ4v) is 3.60. The van der Waals surface area contributed by atoms with Gasteiger partial charge < -0.3 is 14.3 Å². The highest BCUT2D eigenvalue weighted by atomic mass is 35.5. The zero-order valence-electron chi connectivity index (χ0n) is 17.5. The van der Waals surface area contributed by atoms with Crippen molar-refractivity contribution in [3.8, 4) is 11.3 Å². The number of aryl methyl sites for hydroxylation is 1. The predicted octanol–water partition coefficient (Wildman–Crippen LogP) is 6.53. The van der Waals surface area contributed by atoms with Crippen LogP contribution in [0.4, 0.5) is 5.69 Å². The van der Waals surface area contributed by atoms with Crippen molar-refractivity contribution < 1.29 is 18.5 Å². The van der Waals surface area contributed by atoms with Gasteiger partial charge in [-0.25, -0.2) is 0 Å². The van der Waals surface area contributed by atoms with Crippen LogP contribution < -0.4 is 5.32 Å². The van der Waals surface area contributed by atoms with E-state index in [1.54, 1.807) is 54.6 Å². The highest BCUT2D eigenvalue weighted by Crippen LogP contribution is 2.33. The van der Waals surface area contributed by atoms with E-state index in [1.807, 2.05) is 31.2 Å². The fraction of sp³-hybridized carbons (Fsp3) is 0.0385. The monoisotopic (exact) mass is 456 g/mol. The molecule has 0 radical (unpaired) electrons. The molecule has 162 valence electrons. The molecule has 0 bridgehead atoms. The zero-order valence-corrected chi connectivity index (χ0v) is 18.2. The van der Waals surface area contributed by atoms with Crippen molar-refractivity contribution in [2.75, 3.05) is 5.32 Å². The van der Waals surface area contributed by atoms with E-state index in [2.05, 4.69) is 10.5 Å². The number of hydrogen-bond acceptors (Lipinski definition) is 5. The van der Waals surface area contributed by atoms with Gasteiger partial charge in [0.15, 0.2) is 17.2 Å². The molecule has 0 saturated heterocycles. The van der Waals surface area contributed by atoms with Crippen LogP contribution in [0.2, 0.25) is 5.02 Å². The molecule has 0 aliphatic heterocycles. The molecule has 0 unspecified atom stereocenters. The third-order valence-corrected chi connectivity index (χ3v) is 5.48. The quantitative estimate of drug-likeness (QED) is 0.304. The molecule has 5 rings (SSSR count). The Morgan fingerprint density at radius 2 is 1.67 bits per heavy atom. The second-order valence-corrected chi connectivity index (χ2v) is 7.97. The molecule has 33 heavy (non-hydrogen) atoms. The van der Waals surface area contributed by atoms with Crippen LogP contribution in [0.15, 0.2) is 87.8 Å². The van der Waals surface area contributed by atoms with Gasteiger partial charge in [-0.1, -0.05) is 58.7 Å². The lowest BCUT2D eigenvalue weighted by atomic mass is 10.1. The summed E-state index contributed by atoms with van der Waals surface area (Å²) < 4.78 is 11.2. The van der Waals surface area contributed by atoms with Crippen LogP contribution in [0.25, 0.3) is 22.3 Å². The summed E-state index contributed by atoms with van der Waals surface area (Å²) in [6, 6.07) is 22.8. The minimum absolute atomic E-state index is 0.0223. The van der Waals surface area contributed by atoms with E-state index in [4.69, 9.17) is 20.5 Å². The molecular weight excluding hydrogens is 440 g/mol. The molecule has 0 spiro atoms. The van der Waals surface area contributed by atoms with Crippen LogP contribution in [0.5, 0.6) is 0 Å². The van der Waals surface area contributed by atoms with Gasteiger partial charge in [0.05, 0.1) is 5.69 Å². The van der Waals surface area contributed by atoms with Gasteiger partial charge in [0.2, 0.25) is 5.78 Å². The van der Waals surface area contributed by atoms with E-state index in [0.29, 0.717) is 27.3 Å². The number of furan rings is 1. The van der Waals surface area contributed by atoms with E-state index in [1.165, 1.54) is 0 Å². The van der Waals surface area contributed by atoms with E-state index >= 15 is 0 Å². The summed E-state index contributed by atoms with van der Waals surface area (Å²) in [4.78, 5) is 26.2. The van der Waals surface area contributed by atoms with Crippen LogP contribution in [-0.4, -0.2) is 16.8 Å². The van der Waals surface area contributed by atoms with E-state index in [0.717, 1.165) is 11.1 Å². The van der Waals surface area contributed by atoms with E-state index in [-0.39, 0.29) is 22.9 Å². The Morgan fingerprint density at radius 3 is 2.42 bits per heavy atom. The fourth-order valence-electron chi connectivity index (χ4n) is 3.48. The number of nitrogens with one attached hydrogen (secondary N) is 1. The maximum Gasteiger partial charge on any atom is 0.277 e. The third kappa shape index (κ3) is 4.04. The Bertz CT molecular complexity index is 1480. The second-order valence-electron chi connectivity index (χ2n) is 7.53. The topological polar surface area (TPSA) is 85.3 Å². The maximum absolute atomic E-state index is 13.2. The molecule has 0 fully saturated rings. The van der Waals surface area contributed by atoms with E-state index < -0.39 is 5.91 Å². The first-order chi connectivity index (χ1) is 16.0. The van der Waals surface area contributed by atoms with Crippen LogP contribution >= 0.6 is 11.6 Å².